The van der Waals surface area contributed by atoms with Crippen molar-refractivity contribution in [2.75, 3.05) is 0 Å². The van der Waals surface area contributed by atoms with Gasteiger partial charge in [0.25, 0.3) is 0 Å². The van der Waals surface area contributed by atoms with E-state index < -0.39 is 0 Å². The average Bonchev–Trinajstić information content (AvgIpc) is 2.44. The first-order valence-electron chi connectivity index (χ1n) is 7.19. The monoisotopic (exact) mass is 262 g/mol. The van der Waals surface area contributed by atoms with Crippen molar-refractivity contribution in [3.05, 3.63) is 35.4 Å². The Morgan fingerprint density at radius 1 is 1.16 bits per heavy atom. The highest BCUT2D eigenvalue weighted by Crippen LogP contribution is 2.21. The number of hydrogen-bond acceptors (Lipinski definition) is 2. The van der Waals surface area contributed by atoms with E-state index in [4.69, 9.17) is 4.74 Å². The van der Waals surface area contributed by atoms with Gasteiger partial charge in [-0.1, -0.05) is 52.0 Å². The molecular weight excluding hydrogens is 236 g/mol. The van der Waals surface area contributed by atoms with Crippen LogP contribution in [0.15, 0.2) is 24.3 Å². The van der Waals surface area contributed by atoms with Gasteiger partial charge in [0.1, 0.15) is 0 Å². The molecule has 0 spiro atoms. The van der Waals surface area contributed by atoms with Gasteiger partial charge in [-0.25, -0.2) is 0 Å². The number of benzene rings is 1. The Balaban J connectivity index is 2.65. The van der Waals surface area contributed by atoms with E-state index >= 15 is 0 Å². The van der Waals surface area contributed by atoms with Crippen molar-refractivity contribution in [3.8, 4) is 0 Å². The van der Waals surface area contributed by atoms with Gasteiger partial charge in [0.15, 0.2) is 5.78 Å². The van der Waals surface area contributed by atoms with Crippen LogP contribution in [-0.2, 0) is 11.3 Å². The molecule has 19 heavy (non-hydrogen) atoms. The Morgan fingerprint density at radius 2 is 1.68 bits per heavy atom. The van der Waals surface area contributed by atoms with Crippen LogP contribution >= 0.6 is 0 Å². The molecule has 0 saturated heterocycles. The van der Waals surface area contributed by atoms with E-state index in [2.05, 4.69) is 20.8 Å². The molecule has 2 heteroatoms. The van der Waals surface area contributed by atoms with Gasteiger partial charge < -0.3 is 4.74 Å². The fourth-order valence-electron chi connectivity index (χ4n) is 1.81. The predicted molar refractivity (Wildman–Crippen MR) is 79.4 cm³/mol. The number of rotatable bonds is 7. The number of carbonyl (C=O) groups excluding carboxylic acids is 1. The Morgan fingerprint density at radius 3 is 2.11 bits per heavy atom. The second kappa shape index (κ2) is 6.85. The highest BCUT2D eigenvalue weighted by molar-refractivity contribution is 5.97. The van der Waals surface area contributed by atoms with Crippen molar-refractivity contribution in [1.82, 2.24) is 0 Å². The Kier molecular flexibility index (Phi) is 5.74. The molecule has 0 unspecified atom stereocenters. The van der Waals surface area contributed by atoms with Gasteiger partial charge in [-0.3, -0.25) is 4.79 Å². The molecule has 2 nitrogen and oxygen atoms in total. The summed E-state index contributed by atoms with van der Waals surface area (Å²) in [6, 6.07) is 7.77. The lowest BCUT2D eigenvalue weighted by atomic mass is 9.99. The standard InChI is InChI=1S/C17H26O2/c1-6-17(5,7-2)19-12-14-8-10-15(11-9-14)16(18)13(3)4/h8-11,13H,6-7,12H2,1-5H3. The minimum atomic E-state index is -0.0492. The first-order valence-corrected chi connectivity index (χ1v) is 7.19. The van der Waals surface area contributed by atoms with Crippen LogP contribution in [0.2, 0.25) is 0 Å². The highest BCUT2D eigenvalue weighted by Gasteiger charge is 2.20. The van der Waals surface area contributed by atoms with E-state index in [-0.39, 0.29) is 17.3 Å². The predicted octanol–water partition coefficient (Wildman–Crippen LogP) is 4.62. The van der Waals surface area contributed by atoms with Crippen molar-refractivity contribution < 1.29 is 9.53 Å². The quantitative estimate of drug-likeness (QED) is 0.670. The van der Waals surface area contributed by atoms with Gasteiger partial charge in [-0.05, 0) is 25.3 Å². The fraction of sp³-hybridized carbons (Fsp3) is 0.588. The lowest BCUT2D eigenvalue weighted by molar-refractivity contribution is -0.0482. The molecule has 0 atom stereocenters. The summed E-state index contributed by atoms with van der Waals surface area (Å²) in [5.74, 6) is 0.241. The van der Waals surface area contributed by atoms with Crippen molar-refractivity contribution in [2.45, 2.75) is 59.7 Å². The molecule has 0 aliphatic carbocycles. The number of hydrogen-bond donors (Lipinski definition) is 0. The topological polar surface area (TPSA) is 26.3 Å². The lowest BCUT2D eigenvalue weighted by Gasteiger charge is -2.27. The van der Waals surface area contributed by atoms with Crippen LogP contribution in [0.4, 0.5) is 0 Å². The normalized spacial score (nSPS) is 11.9. The van der Waals surface area contributed by atoms with E-state index in [1.807, 2.05) is 38.1 Å². The maximum absolute atomic E-state index is 11.8. The molecule has 1 rings (SSSR count). The Bertz CT molecular complexity index is 400. The molecule has 0 fully saturated rings. The summed E-state index contributed by atoms with van der Waals surface area (Å²) in [7, 11) is 0. The number of carbonyl (C=O) groups is 1. The number of ketones is 1. The lowest BCUT2D eigenvalue weighted by Crippen LogP contribution is -2.26. The summed E-state index contributed by atoms with van der Waals surface area (Å²) in [5, 5.41) is 0. The maximum Gasteiger partial charge on any atom is 0.165 e. The molecule has 106 valence electrons. The molecule has 0 aromatic heterocycles. The zero-order valence-corrected chi connectivity index (χ0v) is 12.8. The van der Waals surface area contributed by atoms with Gasteiger partial charge in [-0.15, -0.1) is 0 Å². The van der Waals surface area contributed by atoms with Crippen LogP contribution in [0.3, 0.4) is 0 Å². The second-order valence-corrected chi connectivity index (χ2v) is 5.66. The van der Waals surface area contributed by atoms with Crippen molar-refractivity contribution in [1.29, 1.82) is 0 Å². The third-order valence-electron chi connectivity index (χ3n) is 3.85. The van der Waals surface area contributed by atoms with E-state index in [9.17, 15) is 4.79 Å². The van der Waals surface area contributed by atoms with Crippen LogP contribution in [-0.4, -0.2) is 11.4 Å². The van der Waals surface area contributed by atoms with Crippen LogP contribution in [0.5, 0.6) is 0 Å². The molecule has 1 aromatic rings. The molecule has 0 aliphatic heterocycles. The molecule has 0 heterocycles. The summed E-state index contributed by atoms with van der Waals surface area (Å²) >= 11 is 0. The van der Waals surface area contributed by atoms with Crippen LogP contribution in [0.1, 0.15) is 63.4 Å². The van der Waals surface area contributed by atoms with E-state index in [1.54, 1.807) is 0 Å². The molecule has 0 bridgehead atoms. The SMILES string of the molecule is CCC(C)(CC)OCc1ccc(C(=O)C(C)C)cc1. The van der Waals surface area contributed by atoms with Crippen molar-refractivity contribution in [3.63, 3.8) is 0 Å². The van der Waals surface area contributed by atoms with Gasteiger partial charge in [0.05, 0.1) is 12.2 Å². The minimum absolute atomic E-state index is 0.0468. The van der Waals surface area contributed by atoms with Gasteiger partial charge in [0, 0.05) is 11.5 Å². The number of Topliss-reactive ketones (excluding diaryl/α,β-unsaturated/α-hetero) is 1. The van der Waals surface area contributed by atoms with Crippen LogP contribution in [0, 0.1) is 5.92 Å². The van der Waals surface area contributed by atoms with E-state index in [0.29, 0.717) is 6.61 Å². The summed E-state index contributed by atoms with van der Waals surface area (Å²) in [6.45, 7) is 10.9. The zero-order valence-electron chi connectivity index (χ0n) is 12.8. The van der Waals surface area contributed by atoms with Gasteiger partial charge >= 0.3 is 0 Å². The number of ether oxygens (including phenoxy) is 1. The van der Waals surface area contributed by atoms with Gasteiger partial charge in [0.2, 0.25) is 0 Å². The third-order valence-corrected chi connectivity index (χ3v) is 3.85. The summed E-state index contributed by atoms with van der Waals surface area (Å²) in [6.07, 6.45) is 2.01. The van der Waals surface area contributed by atoms with E-state index in [0.717, 1.165) is 24.0 Å². The fourth-order valence-corrected chi connectivity index (χ4v) is 1.81. The first-order chi connectivity index (χ1) is 8.91. The van der Waals surface area contributed by atoms with Crippen molar-refractivity contribution >= 4 is 5.78 Å². The summed E-state index contributed by atoms with van der Waals surface area (Å²) < 4.78 is 5.98. The maximum atomic E-state index is 11.8. The summed E-state index contributed by atoms with van der Waals surface area (Å²) in [5.41, 5.74) is 1.85. The Labute approximate surface area is 117 Å². The third kappa shape index (κ3) is 4.46. The molecule has 0 N–H and O–H groups in total. The molecule has 0 aliphatic rings. The largest absolute Gasteiger partial charge is 0.371 e. The van der Waals surface area contributed by atoms with Crippen LogP contribution < -0.4 is 0 Å². The molecular formula is C17H26O2. The zero-order chi connectivity index (χ0) is 14.5. The Hall–Kier alpha value is -1.15. The molecule has 0 radical (unpaired) electrons. The second-order valence-electron chi connectivity index (χ2n) is 5.66. The van der Waals surface area contributed by atoms with Crippen LogP contribution in [0.25, 0.3) is 0 Å². The highest BCUT2D eigenvalue weighted by atomic mass is 16.5. The summed E-state index contributed by atoms with van der Waals surface area (Å²) in [4.78, 5) is 11.8. The molecule has 0 saturated carbocycles. The smallest absolute Gasteiger partial charge is 0.165 e. The molecule has 0 amide bonds. The van der Waals surface area contributed by atoms with Crippen molar-refractivity contribution in [2.24, 2.45) is 5.92 Å². The minimum Gasteiger partial charge on any atom is -0.371 e. The average molecular weight is 262 g/mol. The van der Waals surface area contributed by atoms with Gasteiger partial charge in [-0.2, -0.15) is 0 Å². The van der Waals surface area contributed by atoms with E-state index in [1.165, 1.54) is 0 Å². The first kappa shape index (κ1) is 15.9. The molecule has 1 aromatic carbocycles.